The van der Waals surface area contributed by atoms with Gasteiger partial charge in [0.15, 0.2) is 0 Å². The van der Waals surface area contributed by atoms with Crippen LogP contribution >= 0.6 is 0 Å². The molecule has 0 atom stereocenters. The Morgan fingerprint density at radius 2 is 0.882 bits per heavy atom. The smallest absolute Gasteiger partial charge is 0.144 e. The Labute approximate surface area is 389 Å². The van der Waals surface area contributed by atoms with Gasteiger partial charge in [-0.1, -0.05) is 153 Å². The third kappa shape index (κ3) is 5.10. The molecule has 0 radical (unpaired) electrons. The maximum absolute atomic E-state index is 7.22. The van der Waals surface area contributed by atoms with E-state index < -0.39 is 0 Å². The van der Waals surface area contributed by atoms with Gasteiger partial charge in [0.05, 0.1) is 11.1 Å². The van der Waals surface area contributed by atoms with Gasteiger partial charge in [0.2, 0.25) is 0 Å². The van der Waals surface area contributed by atoms with Crippen LogP contribution in [-0.2, 0) is 5.41 Å². The maximum atomic E-state index is 7.22. The van der Waals surface area contributed by atoms with Crippen LogP contribution < -0.4 is 4.90 Å². The van der Waals surface area contributed by atoms with Crippen LogP contribution in [0.3, 0.4) is 0 Å². The molecule has 10 aromatic carbocycles. The van der Waals surface area contributed by atoms with Crippen LogP contribution in [0.1, 0.15) is 25.0 Å². The van der Waals surface area contributed by atoms with Gasteiger partial charge in [-0.25, -0.2) is 0 Å². The quantitative estimate of drug-likeness (QED) is 0.172. The number of furan rings is 4. The largest absolute Gasteiger partial charge is 0.456 e. The summed E-state index contributed by atoms with van der Waals surface area (Å²) in [6.07, 6.45) is 0. The molecule has 320 valence electrons. The summed E-state index contributed by atoms with van der Waals surface area (Å²) < 4.78 is 27.3. The first-order chi connectivity index (χ1) is 33.5. The van der Waals surface area contributed by atoms with Gasteiger partial charge in [-0.3, -0.25) is 0 Å². The van der Waals surface area contributed by atoms with Crippen molar-refractivity contribution in [2.45, 2.75) is 19.3 Å². The molecule has 0 amide bonds. The Hall–Kier alpha value is -8.80. The van der Waals surface area contributed by atoms with Gasteiger partial charge in [-0.15, -0.1) is 0 Å². The maximum Gasteiger partial charge on any atom is 0.144 e. The second-order valence-electron chi connectivity index (χ2n) is 18.7. The van der Waals surface area contributed by atoms with Gasteiger partial charge in [-0.05, 0) is 88.5 Å². The van der Waals surface area contributed by atoms with Crippen molar-refractivity contribution in [1.82, 2.24) is 0 Å². The highest BCUT2D eigenvalue weighted by atomic mass is 16.3. The van der Waals surface area contributed by atoms with Gasteiger partial charge in [0.25, 0.3) is 0 Å². The molecule has 1 aliphatic rings. The molecule has 0 aliphatic heterocycles. The highest BCUT2D eigenvalue weighted by Gasteiger charge is 2.36. The van der Waals surface area contributed by atoms with E-state index in [0.29, 0.717) is 0 Å². The zero-order chi connectivity index (χ0) is 44.8. The van der Waals surface area contributed by atoms with Crippen LogP contribution in [0.2, 0.25) is 0 Å². The lowest BCUT2D eigenvalue weighted by Crippen LogP contribution is -2.16. The van der Waals surface area contributed by atoms with E-state index >= 15 is 0 Å². The van der Waals surface area contributed by atoms with Crippen LogP contribution in [0.4, 0.5) is 17.1 Å². The number of anilines is 3. The molecule has 0 unspecified atom stereocenters. The molecule has 14 aromatic rings. The number of hydrogen-bond donors (Lipinski definition) is 0. The minimum absolute atomic E-state index is 0.198. The first-order valence-electron chi connectivity index (χ1n) is 23.2. The predicted octanol–water partition coefficient (Wildman–Crippen LogP) is 18.4. The van der Waals surface area contributed by atoms with Gasteiger partial charge in [0, 0.05) is 71.2 Å². The molecule has 0 fully saturated rings. The number of para-hydroxylation sites is 5. The van der Waals surface area contributed by atoms with Crippen LogP contribution in [0.25, 0.3) is 121 Å². The summed E-state index contributed by atoms with van der Waals surface area (Å²) in [5.41, 5.74) is 18.7. The molecular weight excluding hydrogens is 835 g/mol. The highest BCUT2D eigenvalue weighted by Crippen LogP contribution is 2.53. The van der Waals surface area contributed by atoms with E-state index in [1.165, 1.54) is 22.3 Å². The molecule has 0 bridgehead atoms. The van der Waals surface area contributed by atoms with Crippen molar-refractivity contribution in [2.75, 3.05) is 4.90 Å². The van der Waals surface area contributed by atoms with Crippen molar-refractivity contribution in [3.63, 3.8) is 0 Å². The van der Waals surface area contributed by atoms with Crippen LogP contribution in [0, 0.1) is 0 Å². The summed E-state index contributed by atoms with van der Waals surface area (Å²) in [6.45, 7) is 4.68. The van der Waals surface area contributed by atoms with Gasteiger partial charge >= 0.3 is 0 Å². The van der Waals surface area contributed by atoms with E-state index in [1.54, 1.807) is 0 Å². The Balaban J connectivity index is 0.996. The SMILES string of the molecule is CC1(C)c2ccccc2-c2ccc(N(c3ccc(-c4cccc5c4oc4ccccc45)cc3)c3cccc4oc5c(-c6cccc7c6oc6ccccc67)c6c(cc5c34)oc3ccccc36)cc21. The first kappa shape index (κ1) is 37.4. The van der Waals surface area contributed by atoms with Crippen molar-refractivity contribution < 1.29 is 17.7 Å². The standard InChI is InChI=1S/C63H39NO4/c1-63(2)49-22-7-3-14-40(49)41-33-32-38(34-50(41)63)64(37-30-28-36(29-31-37)39-18-11-19-44-42-15-4-8-24-52(42)66-60(39)44)51-23-13-27-55-57(51)48-35-56-58(46-17-6-10-26-54(46)65-56)59(62(48)68-55)47-21-12-20-45-43-16-5-9-25-53(43)67-61(45)47/h3-35H,1-2H3. The molecule has 68 heavy (non-hydrogen) atoms. The lowest BCUT2D eigenvalue weighted by molar-refractivity contribution is 0.660. The molecule has 1 aliphatic carbocycles. The van der Waals surface area contributed by atoms with E-state index in [1.807, 2.05) is 36.4 Å². The summed E-state index contributed by atoms with van der Waals surface area (Å²) in [4.78, 5) is 2.39. The molecular formula is C63H39NO4. The minimum atomic E-state index is -0.198. The Kier molecular flexibility index (Phi) is 7.50. The zero-order valence-corrected chi connectivity index (χ0v) is 37.1. The topological polar surface area (TPSA) is 55.8 Å². The lowest BCUT2D eigenvalue weighted by atomic mass is 9.82. The van der Waals surface area contributed by atoms with E-state index in [2.05, 4.69) is 183 Å². The van der Waals surface area contributed by atoms with Crippen LogP contribution in [-0.4, -0.2) is 0 Å². The minimum Gasteiger partial charge on any atom is -0.456 e. The van der Waals surface area contributed by atoms with Crippen molar-refractivity contribution >= 4 is 105 Å². The molecule has 15 rings (SSSR count). The second-order valence-corrected chi connectivity index (χ2v) is 18.7. The summed E-state index contributed by atoms with van der Waals surface area (Å²) >= 11 is 0. The van der Waals surface area contributed by atoms with Gasteiger partial charge in [-0.2, -0.15) is 0 Å². The third-order valence-corrected chi connectivity index (χ3v) is 14.7. The lowest BCUT2D eigenvalue weighted by Gasteiger charge is -2.28. The Bertz CT molecular complexity index is 4420. The van der Waals surface area contributed by atoms with E-state index in [4.69, 9.17) is 17.7 Å². The van der Waals surface area contributed by atoms with Gasteiger partial charge in [0.1, 0.15) is 44.7 Å². The summed E-state index contributed by atoms with van der Waals surface area (Å²) in [7, 11) is 0. The molecule has 4 heterocycles. The van der Waals surface area contributed by atoms with Gasteiger partial charge < -0.3 is 22.6 Å². The summed E-state index contributed by atoms with van der Waals surface area (Å²) in [5.74, 6) is 0. The molecule has 0 saturated carbocycles. The van der Waals surface area contributed by atoms with E-state index in [-0.39, 0.29) is 5.41 Å². The fourth-order valence-electron chi connectivity index (χ4n) is 11.6. The summed E-state index contributed by atoms with van der Waals surface area (Å²) in [6, 6.07) is 70.9. The zero-order valence-electron chi connectivity index (χ0n) is 37.1. The molecule has 4 aromatic heterocycles. The molecule has 0 spiro atoms. The number of nitrogens with zero attached hydrogens (tertiary/aromatic N) is 1. The molecule has 0 N–H and O–H groups in total. The second kappa shape index (κ2) is 13.6. The van der Waals surface area contributed by atoms with E-state index in [0.717, 1.165) is 127 Å². The van der Waals surface area contributed by atoms with Crippen molar-refractivity contribution in [1.29, 1.82) is 0 Å². The Morgan fingerprint density at radius 3 is 1.63 bits per heavy atom. The van der Waals surface area contributed by atoms with Crippen LogP contribution in [0.15, 0.2) is 218 Å². The average Bonchev–Trinajstić information content (AvgIpc) is 4.19. The number of hydrogen-bond acceptors (Lipinski definition) is 5. The Morgan fingerprint density at radius 1 is 0.338 bits per heavy atom. The molecule has 5 heteroatoms. The third-order valence-electron chi connectivity index (χ3n) is 14.7. The van der Waals surface area contributed by atoms with E-state index in [9.17, 15) is 0 Å². The molecule has 0 saturated heterocycles. The number of rotatable bonds is 5. The first-order valence-corrected chi connectivity index (χ1v) is 23.2. The van der Waals surface area contributed by atoms with Crippen LogP contribution in [0.5, 0.6) is 0 Å². The summed E-state index contributed by atoms with van der Waals surface area (Å²) in [5, 5.41) is 8.32. The number of fused-ring (bicyclic) bond motifs is 15. The monoisotopic (exact) mass is 873 g/mol. The van der Waals surface area contributed by atoms with Crippen molar-refractivity contribution in [2.24, 2.45) is 0 Å². The predicted molar refractivity (Wildman–Crippen MR) is 279 cm³/mol. The van der Waals surface area contributed by atoms with Crippen molar-refractivity contribution in [3.8, 4) is 33.4 Å². The van der Waals surface area contributed by atoms with Crippen molar-refractivity contribution in [3.05, 3.63) is 211 Å². The normalized spacial score (nSPS) is 13.3. The highest BCUT2D eigenvalue weighted by molar-refractivity contribution is 6.27. The average molecular weight is 874 g/mol. The fourth-order valence-corrected chi connectivity index (χ4v) is 11.6. The number of benzene rings is 10. The molecule has 5 nitrogen and oxygen atoms in total. The fraction of sp³-hybridized carbons (Fsp3) is 0.0476.